The number of hydrogen-bond acceptors (Lipinski definition) is 4. The molecule has 0 fully saturated rings. The highest BCUT2D eigenvalue weighted by molar-refractivity contribution is 6.14. The Kier molecular flexibility index (Phi) is 5.81. The minimum atomic E-state index is 0.125. The van der Waals surface area contributed by atoms with Crippen LogP contribution in [0.1, 0.15) is 24.0 Å². The summed E-state index contributed by atoms with van der Waals surface area (Å²) in [5.74, 6) is 1.91. The standard InChI is InChI=1S/C38H30O4/c39-35-31(29-17-5-11-23-13-7-19-41-37(23)29)21-25-9-1-3-15-27(25)33(35)34-28-16-4-2-10-26(28)22-32(36(34)40)30-18-6-12-24-14-8-20-42-38(24)30/h1-6,9-12,15-18,21-22,39-40H,7-8,13-14,19-20H2. The van der Waals surface area contributed by atoms with E-state index < -0.39 is 0 Å². The normalized spacial score (nSPS) is 14.2. The average Bonchev–Trinajstić information content (AvgIpc) is 3.04. The maximum absolute atomic E-state index is 12.2. The molecule has 2 aliphatic heterocycles. The lowest BCUT2D eigenvalue weighted by Crippen LogP contribution is -2.09. The van der Waals surface area contributed by atoms with Crippen molar-refractivity contribution in [2.24, 2.45) is 0 Å². The number of hydrogen-bond donors (Lipinski definition) is 2. The quantitative estimate of drug-likeness (QED) is 0.231. The number of aryl methyl sites for hydroxylation is 2. The molecular formula is C38H30O4. The van der Waals surface area contributed by atoms with Gasteiger partial charge in [-0.25, -0.2) is 0 Å². The SMILES string of the molecule is Oc1c(-c2cccc3c2OCCC3)cc2ccccc2c1-c1c(O)c(-c2cccc3c2OCCC3)cc2ccccc12. The van der Waals surface area contributed by atoms with Gasteiger partial charge in [-0.05, 0) is 70.5 Å². The Morgan fingerprint density at radius 3 is 1.40 bits per heavy atom. The zero-order valence-electron chi connectivity index (χ0n) is 23.2. The summed E-state index contributed by atoms with van der Waals surface area (Å²) in [4.78, 5) is 0. The van der Waals surface area contributed by atoms with Crippen molar-refractivity contribution in [3.05, 3.63) is 108 Å². The fraction of sp³-hybridized carbons (Fsp3) is 0.158. The largest absolute Gasteiger partial charge is 0.507 e. The van der Waals surface area contributed by atoms with Crippen LogP contribution in [0.5, 0.6) is 23.0 Å². The van der Waals surface area contributed by atoms with Gasteiger partial charge in [0, 0.05) is 33.4 Å². The number of para-hydroxylation sites is 2. The van der Waals surface area contributed by atoms with E-state index in [1.807, 2.05) is 72.8 Å². The number of benzene rings is 6. The summed E-state index contributed by atoms with van der Waals surface area (Å²) in [5.41, 5.74) is 6.63. The molecule has 0 saturated heterocycles. The van der Waals surface area contributed by atoms with E-state index in [9.17, 15) is 10.2 Å². The third-order valence-corrected chi connectivity index (χ3v) is 8.74. The van der Waals surface area contributed by atoms with Crippen molar-refractivity contribution in [3.63, 3.8) is 0 Å². The molecule has 0 unspecified atom stereocenters. The van der Waals surface area contributed by atoms with E-state index in [2.05, 4.69) is 24.3 Å². The lowest BCUT2D eigenvalue weighted by molar-refractivity contribution is 0.289. The van der Waals surface area contributed by atoms with Crippen molar-refractivity contribution < 1.29 is 19.7 Å². The van der Waals surface area contributed by atoms with Gasteiger partial charge in [0.05, 0.1) is 13.2 Å². The van der Waals surface area contributed by atoms with Gasteiger partial charge in [0.2, 0.25) is 0 Å². The minimum absolute atomic E-state index is 0.125. The molecule has 0 amide bonds. The summed E-state index contributed by atoms with van der Waals surface area (Å²) in [6, 6.07) is 32.5. The fourth-order valence-corrected chi connectivity index (χ4v) is 6.79. The van der Waals surface area contributed by atoms with Crippen LogP contribution in [0.25, 0.3) is 54.9 Å². The van der Waals surface area contributed by atoms with Crippen LogP contribution in [0.3, 0.4) is 0 Å². The van der Waals surface area contributed by atoms with Gasteiger partial charge in [-0.1, -0.05) is 84.9 Å². The van der Waals surface area contributed by atoms with Gasteiger partial charge in [-0.3, -0.25) is 0 Å². The molecule has 0 saturated carbocycles. The molecule has 0 aromatic heterocycles. The van der Waals surface area contributed by atoms with Crippen molar-refractivity contribution in [3.8, 4) is 56.4 Å². The molecule has 0 atom stereocenters. The Hall–Kier alpha value is -4.96. The van der Waals surface area contributed by atoms with Crippen molar-refractivity contribution >= 4 is 21.5 Å². The molecule has 42 heavy (non-hydrogen) atoms. The highest BCUT2D eigenvalue weighted by Gasteiger charge is 2.26. The van der Waals surface area contributed by atoms with Crippen molar-refractivity contribution in [2.75, 3.05) is 13.2 Å². The molecule has 4 heteroatoms. The van der Waals surface area contributed by atoms with Gasteiger partial charge in [0.25, 0.3) is 0 Å². The maximum atomic E-state index is 12.2. The average molecular weight is 551 g/mol. The second-order valence-electron chi connectivity index (χ2n) is 11.2. The van der Waals surface area contributed by atoms with E-state index in [1.165, 1.54) is 0 Å². The van der Waals surface area contributed by atoms with Gasteiger partial charge in [0.15, 0.2) is 0 Å². The first-order chi connectivity index (χ1) is 20.7. The lowest BCUT2D eigenvalue weighted by atomic mass is 9.85. The molecule has 0 spiro atoms. The van der Waals surface area contributed by atoms with Crippen molar-refractivity contribution in [1.29, 1.82) is 0 Å². The topological polar surface area (TPSA) is 58.9 Å². The molecule has 6 aromatic rings. The third-order valence-electron chi connectivity index (χ3n) is 8.74. The van der Waals surface area contributed by atoms with E-state index >= 15 is 0 Å². The van der Waals surface area contributed by atoms with Crippen molar-refractivity contribution in [2.45, 2.75) is 25.7 Å². The van der Waals surface area contributed by atoms with Gasteiger partial charge in [0.1, 0.15) is 23.0 Å². The van der Waals surface area contributed by atoms with Gasteiger partial charge in [-0.2, -0.15) is 0 Å². The molecule has 2 heterocycles. The summed E-state index contributed by atoms with van der Waals surface area (Å²) in [6.07, 6.45) is 3.85. The predicted molar refractivity (Wildman–Crippen MR) is 169 cm³/mol. The first-order valence-corrected chi connectivity index (χ1v) is 14.7. The van der Waals surface area contributed by atoms with Crippen LogP contribution in [-0.4, -0.2) is 23.4 Å². The summed E-state index contributed by atoms with van der Waals surface area (Å²) in [7, 11) is 0. The van der Waals surface area contributed by atoms with E-state index in [-0.39, 0.29) is 11.5 Å². The van der Waals surface area contributed by atoms with Crippen LogP contribution in [0.15, 0.2) is 97.1 Å². The number of phenolic OH excluding ortho intramolecular Hbond substituents is 2. The Morgan fingerprint density at radius 1 is 0.476 bits per heavy atom. The number of rotatable bonds is 3. The van der Waals surface area contributed by atoms with Crippen LogP contribution < -0.4 is 9.47 Å². The minimum Gasteiger partial charge on any atom is -0.507 e. The van der Waals surface area contributed by atoms with E-state index in [0.29, 0.717) is 35.5 Å². The highest BCUT2D eigenvalue weighted by Crippen LogP contribution is 2.53. The zero-order chi connectivity index (χ0) is 28.2. The smallest absolute Gasteiger partial charge is 0.132 e. The monoisotopic (exact) mass is 550 g/mol. The molecule has 0 radical (unpaired) electrons. The third kappa shape index (κ3) is 3.82. The van der Waals surface area contributed by atoms with E-state index in [4.69, 9.17) is 9.47 Å². The fourth-order valence-electron chi connectivity index (χ4n) is 6.79. The van der Waals surface area contributed by atoms with Crippen LogP contribution >= 0.6 is 0 Å². The lowest BCUT2D eigenvalue weighted by Gasteiger charge is -2.24. The molecule has 2 N–H and O–H groups in total. The number of phenols is 2. The summed E-state index contributed by atoms with van der Waals surface area (Å²) < 4.78 is 12.3. The predicted octanol–water partition coefficient (Wildman–Crippen LogP) is 9.06. The summed E-state index contributed by atoms with van der Waals surface area (Å²) in [5, 5.41) is 28.2. The molecular weight excluding hydrogens is 520 g/mol. The number of aromatic hydroxyl groups is 2. The Morgan fingerprint density at radius 2 is 0.929 bits per heavy atom. The maximum Gasteiger partial charge on any atom is 0.132 e. The number of fused-ring (bicyclic) bond motifs is 4. The molecule has 4 nitrogen and oxygen atoms in total. The van der Waals surface area contributed by atoms with Gasteiger partial charge < -0.3 is 19.7 Å². The summed E-state index contributed by atoms with van der Waals surface area (Å²) in [6.45, 7) is 1.31. The van der Waals surface area contributed by atoms with Gasteiger partial charge in [-0.15, -0.1) is 0 Å². The van der Waals surface area contributed by atoms with Gasteiger partial charge >= 0.3 is 0 Å². The van der Waals surface area contributed by atoms with Crippen molar-refractivity contribution in [1.82, 2.24) is 0 Å². The molecule has 6 aromatic carbocycles. The first-order valence-electron chi connectivity index (χ1n) is 14.7. The molecule has 0 bridgehead atoms. The zero-order valence-corrected chi connectivity index (χ0v) is 23.2. The summed E-state index contributed by atoms with van der Waals surface area (Å²) >= 11 is 0. The van der Waals surface area contributed by atoms with Crippen LogP contribution in [0.2, 0.25) is 0 Å². The first kappa shape index (κ1) is 24.8. The molecule has 206 valence electrons. The van der Waals surface area contributed by atoms with E-state index in [0.717, 1.165) is 81.0 Å². The molecule has 0 aliphatic carbocycles. The Bertz CT molecular complexity index is 1880. The number of ether oxygens (including phenoxy) is 2. The Labute approximate surface area is 244 Å². The molecule has 2 aliphatic rings. The van der Waals surface area contributed by atoms with Crippen LogP contribution in [0.4, 0.5) is 0 Å². The second kappa shape index (κ2) is 9.85. The van der Waals surface area contributed by atoms with Crippen LogP contribution in [-0.2, 0) is 12.8 Å². The molecule has 8 rings (SSSR count). The van der Waals surface area contributed by atoms with E-state index in [1.54, 1.807) is 0 Å². The van der Waals surface area contributed by atoms with Crippen LogP contribution in [0, 0.1) is 0 Å². The second-order valence-corrected chi connectivity index (χ2v) is 11.2. The highest BCUT2D eigenvalue weighted by atomic mass is 16.5. The Balaban J connectivity index is 1.47.